The van der Waals surface area contributed by atoms with Crippen LogP contribution < -0.4 is 9.84 Å². The minimum Gasteiger partial charge on any atom is -0.547 e. The highest BCUT2D eigenvalue weighted by molar-refractivity contribution is 5.94. The molecule has 0 radical (unpaired) electrons. The van der Waals surface area contributed by atoms with E-state index in [4.69, 9.17) is 37.9 Å². The standard InChI is InChI=1S/C45H70O15/c1-13-31(48)42(8)20-24(4)35(58-42)30-17-23(3)37(55-30)44(10)33(54-12)19-32(57-44)41(7)14-15-45(60-41)21-29(47)25(5)36(59-45)26(6)38(43(9,52)40(50)51)56-39(49)34-22(2)16-27(53-11)18-28(34)46/h16,18,23-26,29-33,35-38,46-48,52H,13-15,17,19-21H2,1-12H3,(H,50,51)/p-1/t23-,24-,25+,26+,29-,30+,31+,32+,33-,35-,36-,37+,38+,41-,42-,43+,44-,45+/m0/s1. The van der Waals surface area contributed by atoms with Crippen LogP contribution in [0.4, 0.5) is 0 Å². The Balaban J connectivity index is 1.20. The number of carbonyl (C=O) groups is 2. The Hall–Kier alpha value is -2.60. The van der Waals surface area contributed by atoms with Crippen LogP contribution >= 0.6 is 0 Å². The smallest absolute Gasteiger partial charge is 0.342 e. The van der Waals surface area contributed by atoms with Gasteiger partial charge in [-0.2, -0.15) is 0 Å². The van der Waals surface area contributed by atoms with Gasteiger partial charge in [-0.3, -0.25) is 0 Å². The molecule has 5 fully saturated rings. The van der Waals surface area contributed by atoms with Gasteiger partial charge in [0.15, 0.2) is 5.79 Å². The van der Waals surface area contributed by atoms with Crippen molar-refractivity contribution in [3.63, 3.8) is 0 Å². The van der Waals surface area contributed by atoms with E-state index in [1.807, 2.05) is 27.7 Å². The molecule has 0 aliphatic carbocycles. The number of carboxylic acids is 1. The fourth-order valence-electron chi connectivity index (χ4n) is 11.4. The van der Waals surface area contributed by atoms with Gasteiger partial charge in [0.05, 0.1) is 73.1 Å². The third kappa shape index (κ3) is 8.20. The van der Waals surface area contributed by atoms with Crippen LogP contribution in [0.15, 0.2) is 12.1 Å². The minimum atomic E-state index is -2.71. The fourth-order valence-corrected chi connectivity index (χ4v) is 11.4. The predicted octanol–water partition coefficient (Wildman–Crippen LogP) is 3.73. The van der Waals surface area contributed by atoms with Gasteiger partial charge in [0.25, 0.3) is 0 Å². The Morgan fingerprint density at radius 1 is 1.03 bits per heavy atom. The van der Waals surface area contributed by atoms with Gasteiger partial charge >= 0.3 is 5.97 Å². The number of esters is 1. The first-order valence-corrected chi connectivity index (χ1v) is 21.7. The van der Waals surface area contributed by atoms with Gasteiger partial charge in [-0.05, 0) is 83.8 Å². The van der Waals surface area contributed by atoms with Crippen molar-refractivity contribution >= 4 is 11.9 Å². The third-order valence-corrected chi connectivity index (χ3v) is 14.9. The van der Waals surface area contributed by atoms with Crippen molar-refractivity contribution in [1.82, 2.24) is 0 Å². The van der Waals surface area contributed by atoms with Crippen LogP contribution in [0.5, 0.6) is 11.5 Å². The van der Waals surface area contributed by atoms with Crippen molar-refractivity contribution in [2.24, 2.45) is 23.7 Å². The molecular formula is C45H69O15-. The van der Waals surface area contributed by atoms with Crippen LogP contribution in [0.3, 0.4) is 0 Å². The molecule has 15 heteroatoms. The Morgan fingerprint density at radius 3 is 2.32 bits per heavy atom. The van der Waals surface area contributed by atoms with Crippen LogP contribution in [0.1, 0.15) is 123 Å². The molecule has 15 nitrogen and oxygen atoms in total. The van der Waals surface area contributed by atoms with Crippen molar-refractivity contribution < 1.29 is 73.0 Å². The molecule has 1 aromatic rings. The van der Waals surface area contributed by atoms with Crippen molar-refractivity contribution in [2.45, 2.75) is 197 Å². The molecule has 1 spiro atoms. The second-order valence-corrected chi connectivity index (χ2v) is 19.6. The molecule has 60 heavy (non-hydrogen) atoms. The Labute approximate surface area is 354 Å². The van der Waals surface area contributed by atoms with Crippen LogP contribution in [0, 0.1) is 30.6 Å². The van der Waals surface area contributed by atoms with E-state index >= 15 is 0 Å². The SMILES string of the molecule is CC[C@@H](O)[C@]1(C)C[C@H](C)[C@@H]([C@H]2C[C@H](C)[C@H]([C@@]3(C)O[C@@H]([C@]4(C)CC[C@]5(C[C@H](O)[C@@H](C)[C@@H]([C@@H](C)[C@@H](OC(=O)c6c(C)cc(OC)cc6O)[C@@](C)(O)C(=O)[O-])O5)O4)C[C@@H]3OC)O2)O1. The lowest BCUT2D eigenvalue weighted by Crippen LogP contribution is -2.62. The average molecular weight is 850 g/mol. The number of rotatable bonds is 13. The molecule has 18 atom stereocenters. The maximum Gasteiger partial charge on any atom is 0.342 e. The number of hydrogen-bond acceptors (Lipinski definition) is 15. The molecule has 5 aliphatic heterocycles. The van der Waals surface area contributed by atoms with Gasteiger partial charge < -0.3 is 68.2 Å². The summed E-state index contributed by atoms with van der Waals surface area (Å²) in [5.74, 6) is -5.78. The van der Waals surface area contributed by atoms with E-state index in [9.17, 15) is 35.1 Å². The number of carbonyl (C=O) groups excluding carboxylic acids is 2. The summed E-state index contributed by atoms with van der Waals surface area (Å²) in [7, 11) is 3.07. The number of aliphatic hydroxyl groups excluding tert-OH is 2. The summed E-state index contributed by atoms with van der Waals surface area (Å²) in [5, 5.41) is 56.8. The van der Waals surface area contributed by atoms with Gasteiger partial charge in [-0.1, -0.05) is 34.6 Å². The normalized spacial score (nSPS) is 43.1. The van der Waals surface area contributed by atoms with Crippen molar-refractivity contribution in [1.29, 1.82) is 0 Å². The Morgan fingerprint density at radius 2 is 1.72 bits per heavy atom. The number of aliphatic carboxylic acids is 1. The first-order chi connectivity index (χ1) is 27.9. The summed E-state index contributed by atoms with van der Waals surface area (Å²) in [6, 6.07) is 2.74. The first kappa shape index (κ1) is 46.9. The number of aromatic hydroxyl groups is 1. The maximum atomic E-state index is 13.6. The second kappa shape index (κ2) is 16.8. The number of phenolic OH excluding ortho intramolecular Hbond substituents is 1. The highest BCUT2D eigenvalue weighted by Crippen LogP contribution is 2.55. The molecule has 0 saturated carbocycles. The quantitative estimate of drug-likeness (QED) is 0.208. The monoisotopic (exact) mass is 849 g/mol. The first-order valence-electron chi connectivity index (χ1n) is 21.7. The number of phenols is 1. The van der Waals surface area contributed by atoms with Gasteiger partial charge in [0.2, 0.25) is 0 Å². The van der Waals surface area contributed by atoms with Crippen molar-refractivity contribution in [3.8, 4) is 11.5 Å². The molecule has 5 aliphatic rings. The second-order valence-electron chi connectivity index (χ2n) is 19.6. The molecule has 5 saturated heterocycles. The van der Waals surface area contributed by atoms with E-state index in [0.717, 1.165) is 19.8 Å². The van der Waals surface area contributed by atoms with Gasteiger partial charge in [0, 0.05) is 44.3 Å². The highest BCUT2D eigenvalue weighted by atomic mass is 16.7. The summed E-state index contributed by atoms with van der Waals surface area (Å²) in [5.41, 5.74) is -5.03. The molecule has 6 rings (SSSR count). The summed E-state index contributed by atoms with van der Waals surface area (Å²) in [4.78, 5) is 26.1. The summed E-state index contributed by atoms with van der Waals surface area (Å²) in [6.45, 7) is 18.1. The van der Waals surface area contributed by atoms with E-state index < -0.39 is 88.2 Å². The summed E-state index contributed by atoms with van der Waals surface area (Å²) >= 11 is 0. The molecule has 1 aromatic carbocycles. The molecule has 340 valence electrons. The van der Waals surface area contributed by atoms with Crippen molar-refractivity contribution in [3.05, 3.63) is 23.3 Å². The zero-order valence-electron chi connectivity index (χ0n) is 37.4. The number of ether oxygens (including phenoxy) is 8. The Kier molecular flexibility index (Phi) is 13.2. The van der Waals surface area contributed by atoms with E-state index in [1.165, 1.54) is 19.2 Å². The maximum absolute atomic E-state index is 13.6. The van der Waals surface area contributed by atoms with Gasteiger partial charge in [-0.15, -0.1) is 0 Å². The third-order valence-electron chi connectivity index (χ3n) is 14.9. The number of aryl methyl sites for hydroxylation is 1. The lowest BCUT2D eigenvalue weighted by molar-refractivity contribution is -0.343. The number of methoxy groups -OCH3 is 2. The zero-order valence-corrected chi connectivity index (χ0v) is 37.4. The van der Waals surface area contributed by atoms with E-state index in [-0.39, 0.29) is 48.2 Å². The lowest BCUT2D eigenvalue weighted by Gasteiger charge is -2.49. The van der Waals surface area contributed by atoms with E-state index in [1.54, 1.807) is 27.9 Å². The molecule has 4 N–H and O–H groups in total. The van der Waals surface area contributed by atoms with Crippen molar-refractivity contribution in [2.75, 3.05) is 14.2 Å². The van der Waals surface area contributed by atoms with Crippen LogP contribution in [0.25, 0.3) is 0 Å². The molecule has 0 aromatic heterocycles. The molecule has 0 amide bonds. The molecular weight excluding hydrogens is 780 g/mol. The fraction of sp³-hybridized carbons (Fsp3) is 0.822. The summed E-state index contributed by atoms with van der Waals surface area (Å²) < 4.78 is 51.3. The zero-order chi connectivity index (χ0) is 44.5. The number of aliphatic hydroxyl groups is 3. The molecule has 0 unspecified atom stereocenters. The highest BCUT2D eigenvalue weighted by Gasteiger charge is 2.64. The average Bonchev–Trinajstić information content (AvgIpc) is 3.93. The topological polar surface area (TPSA) is 212 Å². The van der Waals surface area contributed by atoms with E-state index in [0.29, 0.717) is 37.0 Å². The summed E-state index contributed by atoms with van der Waals surface area (Å²) in [6.07, 6.45) is -2.19. The minimum absolute atomic E-state index is 0.109. The molecule has 5 heterocycles. The van der Waals surface area contributed by atoms with Crippen LogP contribution in [0.2, 0.25) is 0 Å². The predicted molar refractivity (Wildman–Crippen MR) is 214 cm³/mol. The molecule has 0 bridgehead atoms. The number of hydrogen-bond donors (Lipinski definition) is 4. The van der Waals surface area contributed by atoms with Gasteiger partial charge in [-0.25, -0.2) is 4.79 Å². The van der Waals surface area contributed by atoms with Gasteiger partial charge in [0.1, 0.15) is 34.4 Å². The lowest BCUT2D eigenvalue weighted by atomic mass is 9.77. The van der Waals surface area contributed by atoms with Crippen LogP contribution in [-0.2, 0) is 38.0 Å². The number of carboxylic acid groups (broad SMARTS) is 1. The Bertz CT molecular complexity index is 1710. The number of benzene rings is 1. The van der Waals surface area contributed by atoms with E-state index in [2.05, 4.69) is 13.8 Å². The largest absolute Gasteiger partial charge is 0.547 e. The van der Waals surface area contributed by atoms with Crippen LogP contribution in [-0.4, -0.2) is 130 Å².